The van der Waals surface area contributed by atoms with Crippen molar-refractivity contribution in [3.8, 4) is 0 Å². The summed E-state index contributed by atoms with van der Waals surface area (Å²) in [7, 11) is 4.11. The van der Waals surface area contributed by atoms with E-state index in [0.29, 0.717) is 5.88 Å². The average Bonchev–Trinajstić information content (AvgIpc) is 2.90. The van der Waals surface area contributed by atoms with E-state index >= 15 is 0 Å². The van der Waals surface area contributed by atoms with Crippen molar-refractivity contribution in [2.45, 2.75) is 12.8 Å². The van der Waals surface area contributed by atoms with E-state index < -0.39 is 0 Å². The molecule has 0 amide bonds. The summed E-state index contributed by atoms with van der Waals surface area (Å²) >= 11 is 6.06. The number of aromatic nitrogens is 4. The Hall–Kier alpha value is -1.27. The van der Waals surface area contributed by atoms with Gasteiger partial charge in [-0.05, 0) is 14.0 Å². The number of likely N-dealkylation sites (N-methyl/N-ethyl adjacent to an activating group) is 1. The Bertz CT molecular complexity index is 593. The van der Waals surface area contributed by atoms with E-state index in [2.05, 4.69) is 31.7 Å². The van der Waals surface area contributed by atoms with Crippen molar-refractivity contribution in [3.63, 3.8) is 0 Å². The maximum Gasteiger partial charge on any atom is 0.177 e. The van der Waals surface area contributed by atoms with E-state index in [1.165, 1.54) is 0 Å². The smallest absolute Gasteiger partial charge is 0.177 e. The summed E-state index contributed by atoms with van der Waals surface area (Å²) in [6.07, 6.45) is 0. The Morgan fingerprint density at radius 2 is 1.84 bits per heavy atom. The predicted octanol–water partition coefficient (Wildman–Crippen LogP) is 0.700. The summed E-state index contributed by atoms with van der Waals surface area (Å²) in [5.74, 6) is 1.32. The number of hydrogen-bond acceptors (Lipinski definition) is 4. The molecule has 3 heterocycles. The Balaban J connectivity index is 2.10. The number of imidazole rings is 1. The van der Waals surface area contributed by atoms with Crippen molar-refractivity contribution in [3.05, 3.63) is 11.5 Å². The molecule has 3 rings (SSSR count). The SMILES string of the molecule is Cc1nn(C)c2c1nc(CCl)n2N1CCN(C)CC1. The first-order valence-electron chi connectivity index (χ1n) is 6.52. The zero-order chi connectivity index (χ0) is 13.6. The molecule has 2 aromatic rings. The third kappa shape index (κ3) is 1.99. The lowest BCUT2D eigenvalue weighted by molar-refractivity contribution is 0.287. The first-order chi connectivity index (χ1) is 9.11. The quantitative estimate of drug-likeness (QED) is 0.761. The van der Waals surface area contributed by atoms with E-state index in [1.54, 1.807) is 0 Å². The van der Waals surface area contributed by atoms with Gasteiger partial charge in [-0.1, -0.05) is 0 Å². The third-order valence-corrected chi connectivity index (χ3v) is 3.97. The molecular weight excluding hydrogens is 264 g/mol. The second-order valence-electron chi connectivity index (χ2n) is 5.11. The standard InChI is InChI=1S/C12H19ClN6/c1-9-11-12(17(3)15-9)19(10(8-13)14-11)18-6-4-16(2)5-7-18/h4-8H2,1-3H3. The van der Waals surface area contributed by atoms with Gasteiger partial charge in [0, 0.05) is 33.2 Å². The molecule has 0 saturated carbocycles. The number of hydrogen-bond donors (Lipinski definition) is 0. The summed E-state index contributed by atoms with van der Waals surface area (Å²) in [6, 6.07) is 0. The second kappa shape index (κ2) is 4.68. The molecule has 0 N–H and O–H groups in total. The van der Waals surface area contributed by atoms with Gasteiger partial charge in [-0.3, -0.25) is 0 Å². The summed E-state index contributed by atoms with van der Waals surface area (Å²) in [6.45, 7) is 6.06. The zero-order valence-electron chi connectivity index (χ0n) is 11.6. The van der Waals surface area contributed by atoms with Gasteiger partial charge in [0.2, 0.25) is 0 Å². The fourth-order valence-electron chi connectivity index (χ4n) is 2.68. The molecule has 0 aromatic carbocycles. The zero-order valence-corrected chi connectivity index (χ0v) is 12.4. The van der Waals surface area contributed by atoms with Gasteiger partial charge < -0.3 is 9.91 Å². The molecule has 0 bridgehead atoms. The Morgan fingerprint density at radius 1 is 1.16 bits per heavy atom. The minimum absolute atomic E-state index is 0.417. The Kier molecular flexibility index (Phi) is 3.14. The highest BCUT2D eigenvalue weighted by atomic mass is 35.5. The molecule has 19 heavy (non-hydrogen) atoms. The van der Waals surface area contributed by atoms with E-state index in [9.17, 15) is 0 Å². The minimum Gasteiger partial charge on any atom is -0.307 e. The number of nitrogens with zero attached hydrogens (tertiary/aromatic N) is 6. The number of alkyl halides is 1. The first-order valence-corrected chi connectivity index (χ1v) is 7.06. The van der Waals surface area contributed by atoms with Crippen molar-refractivity contribution in [1.29, 1.82) is 0 Å². The second-order valence-corrected chi connectivity index (χ2v) is 5.38. The van der Waals surface area contributed by atoms with Crippen LogP contribution in [0.3, 0.4) is 0 Å². The van der Waals surface area contributed by atoms with Gasteiger partial charge in [0.1, 0.15) is 11.3 Å². The maximum atomic E-state index is 6.06. The molecule has 0 aliphatic carbocycles. The molecule has 1 aliphatic heterocycles. The van der Waals surface area contributed by atoms with Crippen molar-refractivity contribution in [2.24, 2.45) is 7.05 Å². The maximum absolute atomic E-state index is 6.06. The van der Waals surface area contributed by atoms with E-state index in [1.807, 2.05) is 18.7 Å². The van der Waals surface area contributed by atoms with Crippen LogP contribution in [0.2, 0.25) is 0 Å². The highest BCUT2D eigenvalue weighted by Gasteiger charge is 2.23. The van der Waals surface area contributed by atoms with Gasteiger partial charge >= 0.3 is 0 Å². The Labute approximate surface area is 117 Å². The van der Waals surface area contributed by atoms with Crippen molar-refractivity contribution >= 4 is 22.8 Å². The van der Waals surface area contributed by atoms with E-state index in [0.717, 1.165) is 48.9 Å². The Morgan fingerprint density at radius 3 is 2.47 bits per heavy atom. The van der Waals surface area contributed by atoms with Crippen LogP contribution in [-0.2, 0) is 12.9 Å². The van der Waals surface area contributed by atoms with Gasteiger partial charge in [0.15, 0.2) is 5.65 Å². The lowest BCUT2D eigenvalue weighted by Crippen LogP contribution is -2.50. The summed E-state index contributed by atoms with van der Waals surface area (Å²) < 4.78 is 4.04. The van der Waals surface area contributed by atoms with Crippen molar-refractivity contribution in [2.75, 3.05) is 38.2 Å². The van der Waals surface area contributed by atoms with Gasteiger partial charge in [-0.25, -0.2) is 14.3 Å². The summed E-state index contributed by atoms with van der Waals surface area (Å²) in [4.78, 5) is 6.97. The first kappa shape index (κ1) is 12.7. The van der Waals surface area contributed by atoms with Crippen LogP contribution >= 0.6 is 11.6 Å². The van der Waals surface area contributed by atoms with Crippen LogP contribution in [-0.4, -0.2) is 57.6 Å². The molecule has 0 spiro atoms. The van der Waals surface area contributed by atoms with E-state index in [4.69, 9.17) is 11.6 Å². The number of fused-ring (bicyclic) bond motifs is 1. The molecule has 6 nitrogen and oxygen atoms in total. The monoisotopic (exact) mass is 282 g/mol. The van der Waals surface area contributed by atoms with Gasteiger partial charge in [-0.15, -0.1) is 11.6 Å². The molecule has 0 unspecified atom stereocenters. The van der Waals surface area contributed by atoms with Gasteiger partial charge in [-0.2, -0.15) is 5.10 Å². The topological polar surface area (TPSA) is 42.1 Å². The molecule has 0 atom stereocenters. The molecule has 1 fully saturated rings. The van der Waals surface area contributed by atoms with Gasteiger partial charge in [0.05, 0.1) is 11.6 Å². The summed E-state index contributed by atoms with van der Waals surface area (Å²) in [5.41, 5.74) is 2.95. The number of piperazine rings is 1. The minimum atomic E-state index is 0.417. The molecule has 2 aromatic heterocycles. The molecule has 1 aliphatic rings. The molecule has 0 radical (unpaired) electrons. The largest absolute Gasteiger partial charge is 0.307 e. The third-order valence-electron chi connectivity index (χ3n) is 3.73. The lowest BCUT2D eigenvalue weighted by atomic mass is 10.4. The number of halogens is 1. The fourth-order valence-corrected chi connectivity index (χ4v) is 2.85. The van der Waals surface area contributed by atoms with Crippen LogP contribution < -0.4 is 5.01 Å². The van der Waals surface area contributed by atoms with Gasteiger partial charge in [0.25, 0.3) is 0 Å². The van der Waals surface area contributed by atoms with E-state index in [-0.39, 0.29) is 0 Å². The van der Waals surface area contributed by atoms with Crippen LogP contribution in [0.15, 0.2) is 0 Å². The highest BCUT2D eigenvalue weighted by molar-refractivity contribution is 6.16. The van der Waals surface area contributed by atoms with Crippen LogP contribution in [0.25, 0.3) is 11.2 Å². The van der Waals surface area contributed by atoms with Crippen LogP contribution in [0, 0.1) is 6.92 Å². The molecular formula is C12H19ClN6. The number of aryl methyl sites for hydroxylation is 2. The van der Waals surface area contributed by atoms with Crippen molar-refractivity contribution < 1.29 is 0 Å². The molecule has 1 saturated heterocycles. The molecule has 7 heteroatoms. The number of rotatable bonds is 2. The lowest BCUT2D eigenvalue weighted by Gasteiger charge is -2.35. The highest BCUT2D eigenvalue weighted by Crippen LogP contribution is 2.21. The normalized spacial score (nSPS) is 17.6. The predicted molar refractivity (Wildman–Crippen MR) is 76.2 cm³/mol. The van der Waals surface area contributed by atoms with Crippen LogP contribution in [0.4, 0.5) is 0 Å². The fraction of sp³-hybridized carbons (Fsp3) is 0.667. The van der Waals surface area contributed by atoms with Crippen LogP contribution in [0.5, 0.6) is 0 Å². The average molecular weight is 283 g/mol. The van der Waals surface area contributed by atoms with Crippen LogP contribution in [0.1, 0.15) is 11.5 Å². The van der Waals surface area contributed by atoms with Crippen molar-refractivity contribution in [1.82, 2.24) is 24.3 Å². The summed E-state index contributed by atoms with van der Waals surface area (Å²) in [5, 5.41) is 6.76. The molecule has 104 valence electrons.